The molecule has 0 bridgehead atoms. The monoisotopic (exact) mass is 395 g/mol. The lowest BCUT2D eigenvalue weighted by molar-refractivity contribution is 0.0729. The van der Waals surface area contributed by atoms with Gasteiger partial charge in [-0.2, -0.15) is 4.31 Å². The van der Waals surface area contributed by atoms with E-state index in [2.05, 4.69) is 4.98 Å². The highest BCUT2D eigenvalue weighted by molar-refractivity contribution is 7.89. The summed E-state index contributed by atoms with van der Waals surface area (Å²) in [6, 6.07) is 6.93. The van der Waals surface area contributed by atoms with E-state index in [0.717, 1.165) is 17.6 Å². The second kappa shape index (κ2) is 6.54. The average Bonchev–Trinajstić information content (AvgIpc) is 3.00. The Bertz CT molecular complexity index is 1130. The minimum absolute atomic E-state index is 0.165. The minimum atomic E-state index is -4.01. The third-order valence-corrected chi connectivity index (χ3v) is 7.07. The molecule has 0 radical (unpaired) electrons. The van der Waals surface area contributed by atoms with Gasteiger partial charge in [-0.25, -0.2) is 21.7 Å². The van der Waals surface area contributed by atoms with Crippen LogP contribution in [0, 0.1) is 5.82 Å². The molecule has 136 valence electrons. The summed E-state index contributed by atoms with van der Waals surface area (Å²) in [5.41, 5.74) is -0.0364. The topological polar surface area (TPSA) is 81.5 Å². The molecular formula is C16H14FN3O4S2. The minimum Gasteiger partial charge on any atom is -0.379 e. The zero-order chi connectivity index (χ0) is 18.3. The fourth-order valence-corrected chi connectivity index (χ4v) is 5.20. The highest BCUT2D eigenvalue weighted by Gasteiger charge is 2.29. The van der Waals surface area contributed by atoms with Gasteiger partial charge in [0, 0.05) is 19.3 Å². The van der Waals surface area contributed by atoms with Crippen LogP contribution in [-0.4, -0.2) is 48.0 Å². The molecule has 0 spiro atoms. The molecule has 4 rings (SSSR count). The smallest absolute Gasteiger partial charge is 0.274 e. The highest BCUT2D eigenvalue weighted by Crippen LogP contribution is 2.25. The average molecular weight is 395 g/mol. The van der Waals surface area contributed by atoms with Crippen LogP contribution in [-0.2, 0) is 14.8 Å². The van der Waals surface area contributed by atoms with Crippen LogP contribution in [0.3, 0.4) is 0 Å². The molecule has 0 atom stereocenters. The van der Waals surface area contributed by atoms with E-state index in [0.29, 0.717) is 10.2 Å². The fraction of sp³-hybridized carbons (Fsp3) is 0.250. The number of rotatable bonds is 3. The molecule has 10 heteroatoms. The number of aromatic nitrogens is 2. The zero-order valence-electron chi connectivity index (χ0n) is 13.5. The lowest BCUT2D eigenvalue weighted by atomic mass is 10.3. The Morgan fingerprint density at radius 3 is 2.69 bits per heavy atom. The van der Waals surface area contributed by atoms with Crippen LogP contribution >= 0.6 is 11.5 Å². The standard InChI is InChI=1S/C16H14FN3O4S2/c17-13-4-3-11(20-16(21)12-2-1-5-18-15(12)25-20)10-14(13)26(22,23)19-6-8-24-9-7-19/h1-5,10H,6-9H2. The first-order valence-electron chi connectivity index (χ1n) is 7.83. The van der Waals surface area contributed by atoms with E-state index in [-0.39, 0.29) is 37.5 Å². The van der Waals surface area contributed by atoms with Gasteiger partial charge in [-0.15, -0.1) is 0 Å². The van der Waals surface area contributed by atoms with Crippen LogP contribution < -0.4 is 5.56 Å². The molecule has 1 saturated heterocycles. The van der Waals surface area contributed by atoms with Crippen LogP contribution in [0.4, 0.5) is 4.39 Å². The predicted octanol–water partition coefficient (Wildman–Crippen LogP) is 1.61. The summed E-state index contributed by atoms with van der Waals surface area (Å²) in [6.07, 6.45) is 1.57. The van der Waals surface area contributed by atoms with Crippen molar-refractivity contribution in [1.82, 2.24) is 13.2 Å². The number of benzene rings is 1. The Labute approximate surface area is 152 Å². The summed E-state index contributed by atoms with van der Waals surface area (Å²) >= 11 is 1.08. The van der Waals surface area contributed by atoms with E-state index in [1.54, 1.807) is 18.3 Å². The molecule has 3 aromatic rings. The second-order valence-electron chi connectivity index (χ2n) is 5.68. The number of pyridine rings is 1. The number of hydrogen-bond acceptors (Lipinski definition) is 6. The molecule has 3 heterocycles. The van der Waals surface area contributed by atoms with Crippen molar-refractivity contribution in [2.45, 2.75) is 4.90 Å². The van der Waals surface area contributed by atoms with Gasteiger partial charge in [-0.05, 0) is 41.9 Å². The van der Waals surface area contributed by atoms with Crippen LogP contribution in [0.1, 0.15) is 0 Å². The second-order valence-corrected chi connectivity index (χ2v) is 8.52. The number of halogens is 1. The van der Waals surface area contributed by atoms with Gasteiger partial charge in [0.05, 0.1) is 24.3 Å². The van der Waals surface area contributed by atoms with Crippen LogP contribution in [0.15, 0.2) is 46.2 Å². The highest BCUT2D eigenvalue weighted by atomic mass is 32.2. The van der Waals surface area contributed by atoms with Crippen molar-refractivity contribution >= 4 is 31.8 Å². The first-order valence-corrected chi connectivity index (χ1v) is 10.0. The summed E-state index contributed by atoms with van der Waals surface area (Å²) in [5.74, 6) is -0.854. The number of fused-ring (bicyclic) bond motifs is 1. The maximum atomic E-state index is 14.3. The molecule has 0 aliphatic carbocycles. The third kappa shape index (κ3) is 2.84. The molecule has 1 aromatic carbocycles. The normalized spacial score (nSPS) is 16.2. The van der Waals surface area contributed by atoms with E-state index in [4.69, 9.17) is 4.74 Å². The molecule has 1 fully saturated rings. The summed E-state index contributed by atoms with van der Waals surface area (Å²) in [4.78, 5) is 16.8. The van der Waals surface area contributed by atoms with Crippen molar-refractivity contribution in [3.8, 4) is 5.69 Å². The SMILES string of the molecule is O=c1c2cccnc2sn1-c1ccc(F)c(S(=O)(=O)N2CCOCC2)c1. The molecule has 0 N–H and O–H groups in total. The fourth-order valence-electron chi connectivity index (χ4n) is 2.78. The maximum absolute atomic E-state index is 14.3. The van der Waals surface area contributed by atoms with Crippen molar-refractivity contribution in [2.24, 2.45) is 0 Å². The molecule has 2 aromatic heterocycles. The first kappa shape index (κ1) is 17.3. The van der Waals surface area contributed by atoms with Crippen molar-refractivity contribution in [3.05, 3.63) is 52.7 Å². The Kier molecular flexibility index (Phi) is 4.35. The Morgan fingerprint density at radius 2 is 1.96 bits per heavy atom. The first-order chi connectivity index (χ1) is 12.5. The number of sulfonamides is 1. The Balaban J connectivity index is 1.83. The molecule has 7 nitrogen and oxygen atoms in total. The summed E-state index contributed by atoms with van der Waals surface area (Å²) < 4.78 is 47.5. The summed E-state index contributed by atoms with van der Waals surface area (Å²) in [7, 11) is -4.01. The molecule has 0 amide bonds. The lowest BCUT2D eigenvalue weighted by Gasteiger charge is -2.26. The van der Waals surface area contributed by atoms with Crippen molar-refractivity contribution < 1.29 is 17.5 Å². The molecular weight excluding hydrogens is 381 g/mol. The van der Waals surface area contributed by atoms with E-state index in [9.17, 15) is 17.6 Å². The van der Waals surface area contributed by atoms with Crippen LogP contribution in [0.5, 0.6) is 0 Å². The van der Waals surface area contributed by atoms with Gasteiger partial charge < -0.3 is 4.74 Å². The van der Waals surface area contributed by atoms with Crippen LogP contribution in [0.25, 0.3) is 15.9 Å². The summed E-state index contributed by atoms with van der Waals surface area (Å²) in [5, 5.41) is 0.430. The molecule has 0 unspecified atom stereocenters. The number of morpholine rings is 1. The predicted molar refractivity (Wildman–Crippen MR) is 94.8 cm³/mol. The van der Waals surface area contributed by atoms with Gasteiger partial charge in [0.15, 0.2) is 0 Å². The molecule has 26 heavy (non-hydrogen) atoms. The third-order valence-electron chi connectivity index (χ3n) is 4.10. The number of hydrogen-bond donors (Lipinski definition) is 0. The Morgan fingerprint density at radius 1 is 1.19 bits per heavy atom. The van der Waals surface area contributed by atoms with E-state index in [1.165, 1.54) is 20.4 Å². The number of ether oxygens (including phenoxy) is 1. The van der Waals surface area contributed by atoms with E-state index in [1.807, 2.05) is 0 Å². The van der Waals surface area contributed by atoms with Gasteiger partial charge >= 0.3 is 0 Å². The van der Waals surface area contributed by atoms with E-state index < -0.39 is 20.7 Å². The number of nitrogens with zero attached hydrogens (tertiary/aromatic N) is 3. The quantitative estimate of drug-likeness (QED) is 0.673. The summed E-state index contributed by atoms with van der Waals surface area (Å²) in [6.45, 7) is 0.863. The maximum Gasteiger partial charge on any atom is 0.274 e. The molecule has 0 saturated carbocycles. The van der Waals surface area contributed by atoms with Gasteiger partial charge in [-0.1, -0.05) is 0 Å². The van der Waals surface area contributed by atoms with Crippen molar-refractivity contribution in [3.63, 3.8) is 0 Å². The van der Waals surface area contributed by atoms with Gasteiger partial charge in [0.1, 0.15) is 15.5 Å². The van der Waals surface area contributed by atoms with Gasteiger partial charge in [0.25, 0.3) is 5.56 Å². The van der Waals surface area contributed by atoms with E-state index >= 15 is 0 Å². The van der Waals surface area contributed by atoms with Crippen molar-refractivity contribution in [2.75, 3.05) is 26.3 Å². The van der Waals surface area contributed by atoms with Gasteiger partial charge in [0.2, 0.25) is 10.0 Å². The van der Waals surface area contributed by atoms with Crippen LogP contribution in [0.2, 0.25) is 0 Å². The molecule has 1 aliphatic rings. The van der Waals surface area contributed by atoms with Crippen molar-refractivity contribution in [1.29, 1.82) is 0 Å². The molecule has 1 aliphatic heterocycles. The largest absolute Gasteiger partial charge is 0.379 e. The zero-order valence-corrected chi connectivity index (χ0v) is 15.1. The Hall–Kier alpha value is -2.14. The van der Waals surface area contributed by atoms with Gasteiger partial charge in [-0.3, -0.25) is 4.79 Å². The lowest BCUT2D eigenvalue weighted by Crippen LogP contribution is -2.41.